The van der Waals surface area contributed by atoms with E-state index < -0.39 is 18.3 Å². The van der Waals surface area contributed by atoms with Crippen molar-refractivity contribution in [2.75, 3.05) is 6.61 Å². The molecule has 0 N–H and O–H groups in total. The van der Waals surface area contributed by atoms with Crippen molar-refractivity contribution in [1.29, 1.82) is 0 Å². The highest BCUT2D eigenvalue weighted by Gasteiger charge is 2.52. The Morgan fingerprint density at radius 1 is 1.03 bits per heavy atom. The molecule has 1 saturated heterocycles. The Morgan fingerprint density at radius 2 is 1.68 bits per heavy atom. The van der Waals surface area contributed by atoms with Crippen molar-refractivity contribution in [2.45, 2.75) is 65.3 Å². The van der Waals surface area contributed by atoms with Crippen LogP contribution >= 0.6 is 0 Å². The van der Waals surface area contributed by atoms with Crippen LogP contribution in [0.5, 0.6) is 5.75 Å². The van der Waals surface area contributed by atoms with Crippen molar-refractivity contribution in [3.8, 4) is 5.75 Å². The monoisotopic (exact) mass is 428 g/mol. The molecule has 7 heteroatoms. The maximum Gasteiger partial charge on any atom is 0.495 e. The van der Waals surface area contributed by atoms with Gasteiger partial charge in [-0.25, -0.2) is 4.39 Å². The minimum atomic E-state index is -0.662. The van der Waals surface area contributed by atoms with E-state index in [1.807, 2.05) is 58.0 Å². The number of carbonyl (C=O) groups is 1. The number of benzene rings is 2. The summed E-state index contributed by atoms with van der Waals surface area (Å²) in [5.74, 6) is 0.0406. The number of halogens is 1. The molecule has 0 saturated carbocycles. The second-order valence-electron chi connectivity index (χ2n) is 8.63. The maximum absolute atomic E-state index is 14.7. The molecule has 0 unspecified atom stereocenters. The van der Waals surface area contributed by atoms with Gasteiger partial charge < -0.3 is 18.8 Å². The maximum atomic E-state index is 14.7. The zero-order valence-electron chi connectivity index (χ0n) is 18.9. The molecule has 0 radical (unpaired) electrons. The first kappa shape index (κ1) is 23.3. The Hall–Kier alpha value is -2.38. The molecule has 2 aromatic carbocycles. The van der Waals surface area contributed by atoms with E-state index >= 15 is 0 Å². The largest absolute Gasteiger partial charge is 0.495 e. The second kappa shape index (κ2) is 9.41. The van der Waals surface area contributed by atoms with Gasteiger partial charge in [-0.2, -0.15) is 0 Å². The third-order valence-electron chi connectivity index (χ3n) is 5.89. The number of ether oxygens (including phenoxy) is 2. The first-order valence-corrected chi connectivity index (χ1v) is 10.6. The standard InChI is InChI=1S/C24H30BFO5/c1-6-28-22(27)15-12-17-10-13-18(14-11-17)29-16-19-20(8-7-9-21(19)26)25-30-23(2,3)24(4,5)31-25/h7-11,13-14H,6,12,15-16H2,1-5H3. The molecule has 1 fully saturated rings. The summed E-state index contributed by atoms with van der Waals surface area (Å²) in [6, 6.07) is 12.3. The fraction of sp³-hybridized carbons (Fsp3) is 0.458. The van der Waals surface area contributed by atoms with Crippen LogP contribution in [0.15, 0.2) is 42.5 Å². The number of esters is 1. The number of hydrogen-bond donors (Lipinski definition) is 0. The quantitative estimate of drug-likeness (QED) is 0.466. The zero-order chi connectivity index (χ0) is 22.6. The molecule has 5 nitrogen and oxygen atoms in total. The van der Waals surface area contributed by atoms with Gasteiger partial charge in [0.05, 0.1) is 17.8 Å². The minimum Gasteiger partial charge on any atom is -0.489 e. The van der Waals surface area contributed by atoms with Crippen molar-refractivity contribution in [3.05, 3.63) is 59.4 Å². The summed E-state index contributed by atoms with van der Waals surface area (Å²) < 4.78 is 37.6. The normalized spacial score (nSPS) is 16.9. The molecule has 0 atom stereocenters. The van der Waals surface area contributed by atoms with Crippen molar-refractivity contribution in [3.63, 3.8) is 0 Å². The van der Waals surface area contributed by atoms with Crippen molar-refractivity contribution < 1.29 is 28.0 Å². The van der Waals surface area contributed by atoms with Gasteiger partial charge in [-0.1, -0.05) is 24.3 Å². The number of carbonyl (C=O) groups excluding carboxylic acids is 1. The van der Waals surface area contributed by atoms with Crippen LogP contribution in [0.2, 0.25) is 0 Å². The van der Waals surface area contributed by atoms with Gasteiger partial charge in [0.25, 0.3) is 0 Å². The van der Waals surface area contributed by atoms with E-state index in [4.69, 9.17) is 18.8 Å². The average molecular weight is 428 g/mol. The average Bonchev–Trinajstić information content (AvgIpc) is 2.93. The Balaban J connectivity index is 1.67. The van der Waals surface area contributed by atoms with E-state index in [0.717, 1.165) is 5.56 Å². The number of hydrogen-bond acceptors (Lipinski definition) is 5. The molecule has 31 heavy (non-hydrogen) atoms. The molecule has 1 aliphatic heterocycles. The Labute approximate surface area is 184 Å². The highest BCUT2D eigenvalue weighted by atomic mass is 19.1. The summed E-state index contributed by atoms with van der Waals surface area (Å²) >= 11 is 0. The molecule has 0 aliphatic carbocycles. The molecule has 0 amide bonds. The first-order valence-electron chi connectivity index (χ1n) is 10.6. The number of aryl methyl sites for hydroxylation is 1. The summed E-state index contributed by atoms with van der Waals surface area (Å²) in [4.78, 5) is 11.5. The molecule has 3 rings (SSSR count). The zero-order valence-corrected chi connectivity index (χ0v) is 18.9. The SMILES string of the molecule is CCOC(=O)CCc1ccc(OCc2c(F)cccc2B2OC(C)(C)C(C)(C)O2)cc1. The predicted octanol–water partition coefficient (Wildman–Crippen LogP) is 4.20. The van der Waals surface area contributed by atoms with Crippen LogP contribution in [-0.4, -0.2) is 30.9 Å². The van der Waals surface area contributed by atoms with Gasteiger partial charge in [0.2, 0.25) is 0 Å². The van der Waals surface area contributed by atoms with Gasteiger partial charge in [-0.15, -0.1) is 0 Å². The summed E-state index contributed by atoms with van der Waals surface area (Å²) in [7, 11) is -0.662. The Bertz CT molecular complexity index is 895. The van der Waals surface area contributed by atoms with Gasteiger partial charge in [0, 0.05) is 12.0 Å². The highest BCUT2D eigenvalue weighted by molar-refractivity contribution is 6.62. The van der Waals surface area contributed by atoms with Crippen molar-refractivity contribution in [1.82, 2.24) is 0 Å². The van der Waals surface area contributed by atoms with Gasteiger partial charge in [0.1, 0.15) is 18.2 Å². The van der Waals surface area contributed by atoms with Crippen LogP contribution in [0.3, 0.4) is 0 Å². The molecule has 1 heterocycles. The molecule has 0 aromatic heterocycles. The summed E-state index contributed by atoms with van der Waals surface area (Å²) in [5, 5.41) is 0. The van der Waals surface area contributed by atoms with Crippen molar-refractivity contribution >= 4 is 18.6 Å². The van der Waals surface area contributed by atoms with E-state index in [1.165, 1.54) is 6.07 Å². The van der Waals surface area contributed by atoms with E-state index in [1.54, 1.807) is 13.0 Å². The van der Waals surface area contributed by atoms with Crippen LogP contribution in [-0.2, 0) is 31.9 Å². The first-order chi connectivity index (χ1) is 14.6. The molecule has 0 spiro atoms. The molecule has 2 aromatic rings. The number of rotatable bonds is 8. The fourth-order valence-corrected chi connectivity index (χ4v) is 3.31. The van der Waals surface area contributed by atoms with Crippen molar-refractivity contribution in [2.24, 2.45) is 0 Å². The second-order valence-corrected chi connectivity index (χ2v) is 8.63. The fourth-order valence-electron chi connectivity index (χ4n) is 3.31. The smallest absolute Gasteiger partial charge is 0.489 e. The van der Waals surface area contributed by atoms with E-state index in [2.05, 4.69) is 0 Å². The lowest BCUT2D eigenvalue weighted by Gasteiger charge is -2.32. The summed E-state index contributed by atoms with van der Waals surface area (Å²) in [5.41, 5.74) is 1.02. The molecular weight excluding hydrogens is 398 g/mol. The van der Waals surface area contributed by atoms with Gasteiger partial charge in [0.15, 0.2) is 0 Å². The third kappa shape index (κ3) is 5.46. The van der Waals surface area contributed by atoms with Gasteiger partial charge >= 0.3 is 13.1 Å². The topological polar surface area (TPSA) is 54.0 Å². The summed E-state index contributed by atoms with van der Waals surface area (Å²) in [6.45, 7) is 10.1. The van der Waals surface area contributed by atoms with E-state index in [0.29, 0.717) is 36.2 Å². The molecule has 0 bridgehead atoms. The lowest BCUT2D eigenvalue weighted by molar-refractivity contribution is -0.143. The van der Waals surface area contributed by atoms with Crippen LogP contribution < -0.4 is 10.2 Å². The Morgan fingerprint density at radius 3 is 2.29 bits per heavy atom. The highest BCUT2D eigenvalue weighted by Crippen LogP contribution is 2.36. The van der Waals surface area contributed by atoms with Crippen LogP contribution in [0.25, 0.3) is 0 Å². The van der Waals surface area contributed by atoms with Crippen LogP contribution in [0, 0.1) is 5.82 Å². The van der Waals surface area contributed by atoms with Gasteiger partial charge in [-0.3, -0.25) is 4.79 Å². The molecule has 1 aliphatic rings. The molecular formula is C24H30BFO5. The lowest BCUT2D eigenvalue weighted by Crippen LogP contribution is -2.41. The minimum absolute atomic E-state index is 0.0499. The summed E-state index contributed by atoms with van der Waals surface area (Å²) in [6.07, 6.45) is 0.930. The van der Waals surface area contributed by atoms with E-state index in [9.17, 15) is 9.18 Å². The van der Waals surface area contributed by atoms with E-state index in [-0.39, 0.29) is 18.4 Å². The third-order valence-corrected chi connectivity index (χ3v) is 5.89. The lowest BCUT2D eigenvalue weighted by atomic mass is 9.76. The van der Waals surface area contributed by atoms with Crippen LogP contribution in [0.1, 0.15) is 52.2 Å². The molecule has 166 valence electrons. The Kier molecular flexibility index (Phi) is 7.07. The van der Waals surface area contributed by atoms with Gasteiger partial charge in [-0.05, 0) is 70.3 Å². The van der Waals surface area contributed by atoms with Crippen LogP contribution in [0.4, 0.5) is 4.39 Å². The predicted molar refractivity (Wildman–Crippen MR) is 118 cm³/mol.